The monoisotopic (exact) mass is 394 g/mol. The Kier molecular flexibility index (Phi) is 7.35. The van der Waals surface area contributed by atoms with Gasteiger partial charge in [-0.2, -0.15) is 0 Å². The van der Waals surface area contributed by atoms with E-state index in [1.165, 1.54) is 14.2 Å². The van der Waals surface area contributed by atoms with Gasteiger partial charge in [0.25, 0.3) is 0 Å². The molecule has 0 amide bonds. The molecule has 0 heterocycles. The highest BCUT2D eigenvalue weighted by Crippen LogP contribution is 2.48. The van der Waals surface area contributed by atoms with Crippen LogP contribution in [0.5, 0.6) is 0 Å². The van der Waals surface area contributed by atoms with Crippen molar-refractivity contribution in [2.75, 3.05) is 14.2 Å². The van der Waals surface area contributed by atoms with E-state index >= 15 is 0 Å². The van der Waals surface area contributed by atoms with Crippen LogP contribution in [0.4, 0.5) is 0 Å². The van der Waals surface area contributed by atoms with Crippen LogP contribution in [0.2, 0.25) is 18.1 Å². The molecule has 0 saturated heterocycles. The van der Waals surface area contributed by atoms with Crippen molar-refractivity contribution in [3.05, 3.63) is 11.3 Å². The number of ether oxygens (including phenoxy) is 2. The van der Waals surface area contributed by atoms with Gasteiger partial charge in [-0.3, -0.25) is 9.59 Å². The Morgan fingerprint density at radius 3 is 2.11 bits per heavy atom. The average molecular weight is 395 g/mol. The molecule has 5 nitrogen and oxygen atoms in total. The standard InChI is InChI=1S/C21H34O5Si/c1-10-14-21(18(22)24-6,19(23)25-7)16-12-11-13-17(15(16)2)26-27(8,9)20(3,4)5/h1,16H,11-14H2,2-9H3. The third-order valence-electron chi connectivity index (χ3n) is 6.12. The molecule has 0 aliphatic heterocycles. The van der Waals surface area contributed by atoms with Gasteiger partial charge in [-0.1, -0.05) is 20.8 Å². The maximum Gasteiger partial charge on any atom is 0.324 e. The Balaban J connectivity index is 3.49. The van der Waals surface area contributed by atoms with Crippen molar-refractivity contribution >= 4 is 20.3 Å². The second kappa shape index (κ2) is 8.51. The largest absolute Gasteiger partial charge is 0.547 e. The smallest absolute Gasteiger partial charge is 0.324 e. The molecule has 152 valence electrons. The highest BCUT2D eigenvalue weighted by molar-refractivity contribution is 6.74. The van der Waals surface area contributed by atoms with Crippen molar-refractivity contribution in [3.63, 3.8) is 0 Å². The van der Waals surface area contributed by atoms with Crippen LogP contribution < -0.4 is 0 Å². The van der Waals surface area contributed by atoms with Gasteiger partial charge in [0.1, 0.15) is 0 Å². The van der Waals surface area contributed by atoms with Gasteiger partial charge >= 0.3 is 11.9 Å². The molecule has 27 heavy (non-hydrogen) atoms. The van der Waals surface area contributed by atoms with Crippen molar-refractivity contribution in [2.45, 2.75) is 71.5 Å². The Hall–Kier alpha value is -1.74. The first-order valence-corrected chi connectivity index (χ1v) is 12.3. The van der Waals surface area contributed by atoms with E-state index in [1.54, 1.807) is 0 Å². The van der Waals surface area contributed by atoms with E-state index in [2.05, 4.69) is 39.8 Å². The summed E-state index contributed by atoms with van der Waals surface area (Å²) in [6.45, 7) is 12.9. The number of terminal acetylenes is 1. The fourth-order valence-corrected chi connectivity index (χ4v) is 4.63. The summed E-state index contributed by atoms with van der Waals surface area (Å²) in [4.78, 5) is 25.5. The highest BCUT2D eigenvalue weighted by Gasteiger charge is 2.55. The summed E-state index contributed by atoms with van der Waals surface area (Å²) in [6, 6.07) is 0. The number of esters is 2. The van der Waals surface area contributed by atoms with Gasteiger partial charge in [0, 0.05) is 18.8 Å². The quantitative estimate of drug-likeness (QED) is 0.288. The molecule has 1 atom stereocenters. The normalized spacial score (nSPS) is 18.6. The maximum atomic E-state index is 12.7. The zero-order valence-electron chi connectivity index (χ0n) is 18.0. The molecular formula is C21H34O5Si. The summed E-state index contributed by atoms with van der Waals surface area (Å²) >= 11 is 0. The van der Waals surface area contributed by atoms with Crippen LogP contribution in [-0.4, -0.2) is 34.5 Å². The van der Waals surface area contributed by atoms with E-state index in [9.17, 15) is 9.59 Å². The lowest BCUT2D eigenvalue weighted by atomic mass is 9.65. The number of carbonyl (C=O) groups excluding carboxylic acids is 2. The van der Waals surface area contributed by atoms with Crippen LogP contribution in [0.1, 0.15) is 53.4 Å². The maximum absolute atomic E-state index is 12.7. The fourth-order valence-electron chi connectivity index (χ4n) is 3.44. The SMILES string of the molecule is C#CCC(C(=O)OC)(C(=O)OC)C1CCCC(O[Si](C)(C)C(C)(C)C)=C1C. The minimum atomic E-state index is -2.04. The predicted molar refractivity (Wildman–Crippen MR) is 108 cm³/mol. The molecule has 0 fully saturated rings. The molecule has 6 heteroatoms. The van der Waals surface area contributed by atoms with Crippen LogP contribution in [0, 0.1) is 23.7 Å². The van der Waals surface area contributed by atoms with E-state index in [-0.39, 0.29) is 11.5 Å². The lowest BCUT2D eigenvalue weighted by molar-refractivity contribution is -0.173. The summed E-state index contributed by atoms with van der Waals surface area (Å²) < 4.78 is 16.5. The topological polar surface area (TPSA) is 61.8 Å². The second-order valence-corrected chi connectivity index (χ2v) is 13.5. The first-order chi connectivity index (χ1) is 12.4. The Morgan fingerprint density at radius 1 is 1.19 bits per heavy atom. The minimum absolute atomic E-state index is 0.0494. The van der Waals surface area contributed by atoms with Crippen molar-refractivity contribution < 1.29 is 23.5 Å². The van der Waals surface area contributed by atoms with E-state index in [0.717, 1.165) is 24.2 Å². The molecule has 1 aliphatic carbocycles. The van der Waals surface area contributed by atoms with Crippen LogP contribution in [0.15, 0.2) is 11.3 Å². The van der Waals surface area contributed by atoms with Crippen LogP contribution in [-0.2, 0) is 23.5 Å². The summed E-state index contributed by atoms with van der Waals surface area (Å²) in [7, 11) is 0.496. The predicted octanol–water partition coefficient (Wildman–Crippen LogP) is 4.44. The van der Waals surface area contributed by atoms with E-state index in [1.807, 2.05) is 6.92 Å². The van der Waals surface area contributed by atoms with Gasteiger partial charge in [-0.25, -0.2) is 0 Å². The molecule has 1 aliphatic rings. The molecule has 0 saturated carbocycles. The van der Waals surface area contributed by atoms with Gasteiger partial charge in [-0.05, 0) is 43.5 Å². The van der Waals surface area contributed by atoms with Crippen molar-refractivity contribution in [2.24, 2.45) is 11.3 Å². The molecule has 1 rings (SSSR count). The number of hydrogen-bond donors (Lipinski definition) is 0. The molecule has 0 N–H and O–H groups in total. The number of rotatable bonds is 6. The van der Waals surface area contributed by atoms with Gasteiger partial charge in [0.15, 0.2) is 5.41 Å². The lowest BCUT2D eigenvalue weighted by Gasteiger charge is -2.42. The fraction of sp³-hybridized carbons (Fsp3) is 0.714. The summed E-state index contributed by atoms with van der Waals surface area (Å²) in [6.07, 6.45) is 7.73. The van der Waals surface area contributed by atoms with E-state index in [0.29, 0.717) is 6.42 Å². The van der Waals surface area contributed by atoms with Crippen molar-refractivity contribution in [1.82, 2.24) is 0 Å². The van der Waals surface area contributed by atoms with Gasteiger partial charge in [0.05, 0.1) is 20.0 Å². The molecule has 0 aromatic heterocycles. The van der Waals surface area contributed by atoms with Gasteiger partial charge in [-0.15, -0.1) is 12.3 Å². The van der Waals surface area contributed by atoms with Crippen LogP contribution >= 0.6 is 0 Å². The zero-order valence-corrected chi connectivity index (χ0v) is 19.0. The molecular weight excluding hydrogens is 360 g/mol. The highest BCUT2D eigenvalue weighted by atomic mass is 28.4. The first kappa shape index (κ1) is 23.3. The van der Waals surface area contributed by atoms with Crippen LogP contribution in [0.3, 0.4) is 0 Å². The first-order valence-electron chi connectivity index (χ1n) is 9.38. The van der Waals surface area contributed by atoms with Gasteiger partial charge in [0.2, 0.25) is 8.32 Å². The number of allylic oxidation sites excluding steroid dienone is 2. The van der Waals surface area contributed by atoms with Crippen molar-refractivity contribution in [1.29, 1.82) is 0 Å². The number of carbonyl (C=O) groups is 2. The molecule has 0 bridgehead atoms. The van der Waals surface area contributed by atoms with Gasteiger partial charge < -0.3 is 13.9 Å². The summed E-state index contributed by atoms with van der Waals surface area (Å²) in [5.74, 6) is 1.67. The molecule has 0 aromatic rings. The minimum Gasteiger partial charge on any atom is -0.547 e. The lowest BCUT2D eigenvalue weighted by Crippen LogP contribution is -2.49. The third-order valence-corrected chi connectivity index (χ3v) is 10.5. The van der Waals surface area contributed by atoms with E-state index in [4.69, 9.17) is 20.3 Å². The molecule has 0 radical (unpaired) electrons. The molecule has 1 unspecified atom stereocenters. The number of hydrogen-bond acceptors (Lipinski definition) is 5. The Labute approximate surface area is 165 Å². The molecule has 0 aromatic carbocycles. The zero-order chi connectivity index (χ0) is 21.0. The van der Waals surface area contributed by atoms with Crippen LogP contribution in [0.25, 0.3) is 0 Å². The Bertz CT molecular complexity index is 632. The Morgan fingerprint density at radius 2 is 1.70 bits per heavy atom. The summed E-state index contributed by atoms with van der Waals surface area (Å²) in [5.41, 5.74) is -0.637. The summed E-state index contributed by atoms with van der Waals surface area (Å²) in [5, 5.41) is 0.0494. The van der Waals surface area contributed by atoms with E-state index < -0.39 is 31.6 Å². The number of methoxy groups -OCH3 is 2. The third kappa shape index (κ3) is 4.40. The second-order valence-electron chi connectivity index (χ2n) is 8.75. The average Bonchev–Trinajstić information content (AvgIpc) is 2.59. The molecule has 0 spiro atoms. The van der Waals surface area contributed by atoms with Crippen molar-refractivity contribution in [3.8, 4) is 12.3 Å².